The number of esters is 1. The summed E-state index contributed by atoms with van der Waals surface area (Å²) < 4.78 is 4.95. The minimum absolute atomic E-state index is 0.196. The van der Waals surface area contributed by atoms with Gasteiger partial charge in [-0.15, -0.1) is 0 Å². The van der Waals surface area contributed by atoms with E-state index in [9.17, 15) is 9.59 Å². The lowest BCUT2D eigenvalue weighted by atomic mass is 9.95. The molecule has 4 nitrogen and oxygen atoms in total. The molecule has 1 aliphatic carbocycles. The summed E-state index contributed by atoms with van der Waals surface area (Å²) in [6.45, 7) is 1.90. The Morgan fingerprint density at radius 3 is 2.55 bits per heavy atom. The van der Waals surface area contributed by atoms with E-state index in [4.69, 9.17) is 4.74 Å². The molecule has 1 aromatic carbocycles. The van der Waals surface area contributed by atoms with Crippen LogP contribution in [-0.4, -0.2) is 30.1 Å². The molecule has 1 aliphatic rings. The first-order valence-electron chi connectivity index (χ1n) is 7.13. The van der Waals surface area contributed by atoms with E-state index in [2.05, 4.69) is 0 Å². The van der Waals surface area contributed by atoms with Gasteiger partial charge >= 0.3 is 12.1 Å². The first-order valence-corrected chi connectivity index (χ1v) is 7.13. The molecule has 108 valence electrons. The molecule has 0 bridgehead atoms. The van der Waals surface area contributed by atoms with Gasteiger partial charge < -0.3 is 9.64 Å². The van der Waals surface area contributed by atoms with Gasteiger partial charge in [0.25, 0.3) is 0 Å². The third kappa shape index (κ3) is 3.59. The maximum Gasteiger partial charge on any atom is 0.417 e. The standard InChI is InChI=1S/C16H21NO3/c1-12-7-6-8-13(11-12)15(18)20-16(19)17(2)14-9-4-3-5-10-14/h6-8,11,14H,3-5,9-10H2,1-2H3. The third-order valence-electron chi connectivity index (χ3n) is 3.84. The highest BCUT2D eigenvalue weighted by Gasteiger charge is 2.25. The first-order chi connectivity index (χ1) is 9.58. The zero-order valence-electron chi connectivity index (χ0n) is 12.1. The topological polar surface area (TPSA) is 46.6 Å². The van der Waals surface area contributed by atoms with Crippen LogP contribution < -0.4 is 0 Å². The van der Waals surface area contributed by atoms with Crippen LogP contribution in [0, 0.1) is 6.92 Å². The molecule has 0 atom stereocenters. The van der Waals surface area contributed by atoms with E-state index in [1.54, 1.807) is 30.1 Å². The van der Waals surface area contributed by atoms with Crippen molar-refractivity contribution in [2.45, 2.75) is 45.1 Å². The zero-order chi connectivity index (χ0) is 14.5. The fourth-order valence-corrected chi connectivity index (χ4v) is 2.60. The predicted molar refractivity (Wildman–Crippen MR) is 76.6 cm³/mol. The summed E-state index contributed by atoms with van der Waals surface area (Å²) in [4.78, 5) is 25.5. The lowest BCUT2D eigenvalue weighted by Crippen LogP contribution is -2.39. The molecule has 1 fully saturated rings. The molecule has 2 rings (SSSR count). The van der Waals surface area contributed by atoms with Crippen LogP contribution >= 0.6 is 0 Å². The van der Waals surface area contributed by atoms with Gasteiger partial charge in [0.1, 0.15) is 0 Å². The molecule has 0 aromatic heterocycles. The average Bonchev–Trinajstić information content (AvgIpc) is 2.47. The van der Waals surface area contributed by atoms with Crippen molar-refractivity contribution < 1.29 is 14.3 Å². The Hall–Kier alpha value is -1.84. The molecule has 0 radical (unpaired) electrons. The molecule has 1 saturated carbocycles. The lowest BCUT2D eigenvalue weighted by molar-refractivity contribution is 0.0514. The van der Waals surface area contributed by atoms with Crippen LogP contribution in [-0.2, 0) is 4.74 Å². The van der Waals surface area contributed by atoms with Crippen molar-refractivity contribution in [2.24, 2.45) is 0 Å². The number of benzene rings is 1. The summed E-state index contributed by atoms with van der Waals surface area (Å²) in [6.07, 6.45) is 4.92. The van der Waals surface area contributed by atoms with E-state index in [-0.39, 0.29) is 6.04 Å². The van der Waals surface area contributed by atoms with Crippen LogP contribution in [0.1, 0.15) is 48.0 Å². The summed E-state index contributed by atoms with van der Waals surface area (Å²) in [5.74, 6) is -0.582. The monoisotopic (exact) mass is 275 g/mol. The SMILES string of the molecule is Cc1cccc(C(=O)OC(=O)N(C)C2CCCCC2)c1. The van der Waals surface area contributed by atoms with E-state index in [1.807, 2.05) is 13.0 Å². The van der Waals surface area contributed by atoms with Gasteiger partial charge in [-0.2, -0.15) is 0 Å². The van der Waals surface area contributed by atoms with Gasteiger partial charge in [-0.25, -0.2) is 9.59 Å². The van der Waals surface area contributed by atoms with Crippen molar-refractivity contribution in [2.75, 3.05) is 7.05 Å². The third-order valence-corrected chi connectivity index (χ3v) is 3.84. The number of ether oxygens (including phenoxy) is 1. The van der Waals surface area contributed by atoms with Gasteiger partial charge in [0.2, 0.25) is 0 Å². The lowest BCUT2D eigenvalue weighted by Gasteiger charge is -2.30. The molecule has 0 N–H and O–H groups in total. The molecule has 0 aliphatic heterocycles. The van der Waals surface area contributed by atoms with E-state index >= 15 is 0 Å². The fourth-order valence-electron chi connectivity index (χ4n) is 2.60. The minimum Gasteiger partial charge on any atom is -0.372 e. The molecule has 0 heterocycles. The van der Waals surface area contributed by atoms with Crippen molar-refractivity contribution in [1.29, 1.82) is 0 Å². The van der Waals surface area contributed by atoms with Gasteiger partial charge in [-0.3, -0.25) is 0 Å². The molecule has 20 heavy (non-hydrogen) atoms. The molecule has 4 heteroatoms. The second-order valence-corrected chi connectivity index (χ2v) is 5.43. The molecular weight excluding hydrogens is 254 g/mol. The summed E-state index contributed by atoms with van der Waals surface area (Å²) in [7, 11) is 1.71. The molecule has 1 aromatic rings. The van der Waals surface area contributed by atoms with Crippen molar-refractivity contribution >= 4 is 12.1 Å². The van der Waals surface area contributed by atoms with E-state index in [0.29, 0.717) is 5.56 Å². The molecule has 0 unspecified atom stereocenters. The summed E-state index contributed by atoms with van der Waals surface area (Å²) in [6, 6.07) is 7.24. The second kappa shape index (κ2) is 6.55. The number of nitrogens with zero attached hydrogens (tertiary/aromatic N) is 1. The Morgan fingerprint density at radius 1 is 1.20 bits per heavy atom. The zero-order valence-corrected chi connectivity index (χ0v) is 12.1. The van der Waals surface area contributed by atoms with Crippen LogP contribution in [0.3, 0.4) is 0 Å². The highest BCUT2D eigenvalue weighted by atomic mass is 16.6. The van der Waals surface area contributed by atoms with Gasteiger partial charge in [0.15, 0.2) is 0 Å². The highest BCUT2D eigenvalue weighted by Crippen LogP contribution is 2.22. The highest BCUT2D eigenvalue weighted by molar-refractivity contribution is 5.96. The summed E-state index contributed by atoms with van der Waals surface area (Å²) in [5.41, 5.74) is 1.38. The van der Waals surface area contributed by atoms with Crippen molar-refractivity contribution in [3.63, 3.8) is 0 Å². The quantitative estimate of drug-likeness (QED) is 0.612. The van der Waals surface area contributed by atoms with E-state index < -0.39 is 12.1 Å². The summed E-state index contributed by atoms with van der Waals surface area (Å²) in [5, 5.41) is 0. The molecule has 1 amide bonds. The van der Waals surface area contributed by atoms with Gasteiger partial charge in [-0.05, 0) is 31.9 Å². The van der Waals surface area contributed by atoms with Crippen molar-refractivity contribution in [1.82, 2.24) is 4.90 Å². The minimum atomic E-state index is -0.582. The van der Waals surface area contributed by atoms with Crippen LogP contribution in [0.15, 0.2) is 24.3 Å². The largest absolute Gasteiger partial charge is 0.417 e. The van der Waals surface area contributed by atoms with Gasteiger partial charge in [0, 0.05) is 13.1 Å². The number of aryl methyl sites for hydroxylation is 1. The Balaban J connectivity index is 1.94. The Kier molecular flexibility index (Phi) is 4.77. The molecule has 0 spiro atoms. The normalized spacial score (nSPS) is 15.7. The Labute approximate surface area is 119 Å². The number of carbonyl (C=O) groups is 2. The predicted octanol–water partition coefficient (Wildman–Crippen LogP) is 3.54. The van der Waals surface area contributed by atoms with Crippen molar-refractivity contribution in [3.05, 3.63) is 35.4 Å². The number of carbonyl (C=O) groups excluding carboxylic acids is 2. The van der Waals surface area contributed by atoms with Crippen LogP contribution in [0.25, 0.3) is 0 Å². The number of amides is 1. The number of hydrogen-bond acceptors (Lipinski definition) is 3. The first kappa shape index (κ1) is 14.6. The van der Waals surface area contributed by atoms with Crippen LogP contribution in [0.4, 0.5) is 4.79 Å². The van der Waals surface area contributed by atoms with E-state index in [0.717, 1.165) is 31.2 Å². The smallest absolute Gasteiger partial charge is 0.372 e. The molecule has 0 saturated heterocycles. The summed E-state index contributed by atoms with van der Waals surface area (Å²) >= 11 is 0. The Morgan fingerprint density at radius 2 is 1.90 bits per heavy atom. The van der Waals surface area contributed by atoms with Crippen LogP contribution in [0.2, 0.25) is 0 Å². The van der Waals surface area contributed by atoms with Crippen molar-refractivity contribution in [3.8, 4) is 0 Å². The average molecular weight is 275 g/mol. The fraction of sp³-hybridized carbons (Fsp3) is 0.500. The van der Waals surface area contributed by atoms with Gasteiger partial charge in [0.05, 0.1) is 5.56 Å². The Bertz CT molecular complexity index is 492. The van der Waals surface area contributed by atoms with E-state index in [1.165, 1.54) is 6.42 Å². The maximum absolute atomic E-state index is 12.0. The second-order valence-electron chi connectivity index (χ2n) is 5.43. The maximum atomic E-state index is 12.0. The number of hydrogen-bond donors (Lipinski definition) is 0. The number of rotatable bonds is 2. The molecular formula is C16H21NO3. The van der Waals surface area contributed by atoms with Gasteiger partial charge in [-0.1, -0.05) is 37.0 Å². The van der Waals surface area contributed by atoms with Crippen LogP contribution in [0.5, 0.6) is 0 Å².